The number of nitrogens with one attached hydrogen (secondary N) is 2. The Labute approximate surface area is 145 Å². The van der Waals surface area contributed by atoms with E-state index in [-0.39, 0.29) is 0 Å². The second-order valence-electron chi connectivity index (χ2n) is 6.36. The van der Waals surface area contributed by atoms with Crippen LogP contribution in [0.1, 0.15) is 37.0 Å². The molecule has 0 saturated heterocycles. The molecule has 2 aromatic rings. The number of benzene rings is 2. The second-order valence-corrected chi connectivity index (χ2v) is 7.98. The van der Waals surface area contributed by atoms with E-state index in [1.165, 1.54) is 0 Å². The molecule has 0 aliphatic rings. The maximum atomic E-state index is 12.7. The zero-order valence-corrected chi connectivity index (χ0v) is 15.8. The molecule has 2 rings (SSSR count). The van der Waals surface area contributed by atoms with Gasteiger partial charge in [-0.05, 0) is 69.5 Å². The largest absolute Gasteiger partial charge is 0.383 e. The fraction of sp³-hybridized carbons (Fsp3) is 0.368. The van der Waals surface area contributed by atoms with Crippen molar-refractivity contribution in [1.82, 2.24) is 0 Å². The van der Waals surface area contributed by atoms with Crippen LogP contribution < -0.4 is 10.0 Å². The highest BCUT2D eigenvalue weighted by Gasteiger charge is 2.20. The van der Waals surface area contributed by atoms with Crippen LogP contribution in [-0.2, 0) is 10.0 Å². The van der Waals surface area contributed by atoms with E-state index in [1.54, 1.807) is 12.1 Å². The van der Waals surface area contributed by atoms with Crippen molar-refractivity contribution < 1.29 is 8.42 Å². The van der Waals surface area contributed by atoms with Crippen LogP contribution in [0.4, 0.5) is 11.4 Å². The van der Waals surface area contributed by atoms with Gasteiger partial charge in [0.25, 0.3) is 10.0 Å². The van der Waals surface area contributed by atoms with E-state index in [4.69, 9.17) is 0 Å². The minimum absolute atomic E-state index is 0.356. The summed E-state index contributed by atoms with van der Waals surface area (Å²) < 4.78 is 28.1. The fourth-order valence-electron chi connectivity index (χ4n) is 2.82. The summed E-state index contributed by atoms with van der Waals surface area (Å²) in [4.78, 5) is 0.356. The number of hydrogen-bond acceptors (Lipinski definition) is 3. The third-order valence-corrected chi connectivity index (χ3v) is 5.72. The first-order valence-electron chi connectivity index (χ1n) is 8.20. The number of aryl methyl sites for hydroxylation is 3. The molecule has 0 spiro atoms. The molecule has 0 aliphatic heterocycles. The summed E-state index contributed by atoms with van der Waals surface area (Å²) in [6.45, 7) is 9.85. The molecule has 5 heteroatoms. The maximum Gasteiger partial charge on any atom is 0.262 e. The molecule has 0 bridgehead atoms. The van der Waals surface area contributed by atoms with E-state index in [0.29, 0.717) is 16.6 Å². The lowest BCUT2D eigenvalue weighted by Crippen LogP contribution is -2.16. The highest BCUT2D eigenvalue weighted by Crippen LogP contribution is 2.25. The molecular formula is C19H26N2O2S. The highest BCUT2D eigenvalue weighted by atomic mass is 32.2. The first kappa shape index (κ1) is 18.3. The van der Waals surface area contributed by atoms with Crippen LogP contribution in [0.15, 0.2) is 41.3 Å². The van der Waals surface area contributed by atoms with Crippen molar-refractivity contribution in [2.75, 3.05) is 10.0 Å². The standard InChI is InChI=1S/C19H26N2O2S/c1-6-16(5)20-17-7-9-18(10-8-17)21-24(22,23)19-14(3)11-13(2)12-15(19)4/h7-12,16,20-21H,6H2,1-5H3. The van der Waals surface area contributed by atoms with Crippen LogP contribution >= 0.6 is 0 Å². The molecule has 0 aromatic heterocycles. The van der Waals surface area contributed by atoms with Crippen molar-refractivity contribution >= 4 is 21.4 Å². The number of anilines is 2. The van der Waals surface area contributed by atoms with Gasteiger partial charge in [-0.15, -0.1) is 0 Å². The minimum Gasteiger partial charge on any atom is -0.383 e. The lowest BCUT2D eigenvalue weighted by Gasteiger charge is -2.15. The van der Waals surface area contributed by atoms with E-state index >= 15 is 0 Å². The van der Waals surface area contributed by atoms with Gasteiger partial charge >= 0.3 is 0 Å². The summed E-state index contributed by atoms with van der Waals surface area (Å²) in [6, 6.07) is 11.5. The van der Waals surface area contributed by atoms with Gasteiger partial charge in [-0.25, -0.2) is 8.42 Å². The van der Waals surface area contributed by atoms with Gasteiger partial charge in [-0.2, -0.15) is 0 Å². The van der Waals surface area contributed by atoms with Gasteiger partial charge in [0.1, 0.15) is 0 Å². The molecule has 2 N–H and O–H groups in total. The number of sulfonamides is 1. The zero-order chi connectivity index (χ0) is 17.9. The molecule has 1 atom stereocenters. The first-order chi connectivity index (χ1) is 11.2. The lowest BCUT2D eigenvalue weighted by atomic mass is 10.1. The van der Waals surface area contributed by atoms with Gasteiger partial charge in [-0.3, -0.25) is 4.72 Å². The fourth-order valence-corrected chi connectivity index (χ4v) is 4.33. The van der Waals surface area contributed by atoms with E-state index in [1.807, 2.05) is 45.0 Å². The van der Waals surface area contributed by atoms with Gasteiger partial charge in [0.2, 0.25) is 0 Å². The predicted octanol–water partition coefficient (Wildman–Crippen LogP) is 4.62. The molecule has 130 valence electrons. The highest BCUT2D eigenvalue weighted by molar-refractivity contribution is 7.92. The Kier molecular flexibility index (Phi) is 5.54. The summed E-state index contributed by atoms with van der Waals surface area (Å²) in [5, 5.41) is 3.36. The van der Waals surface area contributed by atoms with E-state index in [2.05, 4.69) is 23.9 Å². The van der Waals surface area contributed by atoms with Gasteiger partial charge < -0.3 is 5.32 Å². The number of rotatable bonds is 6. The van der Waals surface area contributed by atoms with Crippen molar-refractivity contribution in [3.8, 4) is 0 Å². The second kappa shape index (κ2) is 7.26. The van der Waals surface area contributed by atoms with Crippen molar-refractivity contribution in [2.45, 2.75) is 52.0 Å². The van der Waals surface area contributed by atoms with Gasteiger partial charge in [-0.1, -0.05) is 24.6 Å². The Morgan fingerprint density at radius 3 is 1.96 bits per heavy atom. The molecule has 0 radical (unpaired) electrons. The molecule has 0 saturated carbocycles. The normalized spacial score (nSPS) is 12.7. The molecule has 4 nitrogen and oxygen atoms in total. The van der Waals surface area contributed by atoms with E-state index in [0.717, 1.165) is 28.8 Å². The third kappa shape index (κ3) is 4.29. The average molecular weight is 346 g/mol. The van der Waals surface area contributed by atoms with Crippen molar-refractivity contribution in [1.29, 1.82) is 0 Å². The molecule has 0 amide bonds. The maximum absolute atomic E-state index is 12.7. The molecule has 0 fully saturated rings. The average Bonchev–Trinajstić information content (AvgIpc) is 2.47. The Morgan fingerprint density at radius 1 is 0.958 bits per heavy atom. The molecule has 1 unspecified atom stereocenters. The lowest BCUT2D eigenvalue weighted by molar-refractivity contribution is 0.600. The summed E-state index contributed by atoms with van der Waals surface area (Å²) in [5.74, 6) is 0. The molecule has 2 aromatic carbocycles. The monoisotopic (exact) mass is 346 g/mol. The Hall–Kier alpha value is -2.01. The van der Waals surface area contributed by atoms with Crippen LogP contribution in [0.2, 0.25) is 0 Å². The summed E-state index contributed by atoms with van der Waals surface area (Å²) in [5.41, 5.74) is 4.12. The van der Waals surface area contributed by atoms with Crippen molar-refractivity contribution in [2.24, 2.45) is 0 Å². The smallest absolute Gasteiger partial charge is 0.262 e. The quantitative estimate of drug-likeness (QED) is 0.802. The van der Waals surface area contributed by atoms with Gasteiger partial charge in [0.05, 0.1) is 4.90 Å². The van der Waals surface area contributed by atoms with Crippen LogP contribution in [-0.4, -0.2) is 14.5 Å². The Balaban J connectivity index is 2.24. The van der Waals surface area contributed by atoms with Gasteiger partial charge in [0, 0.05) is 17.4 Å². The summed E-state index contributed by atoms with van der Waals surface area (Å²) >= 11 is 0. The van der Waals surface area contributed by atoms with Crippen LogP contribution in [0.25, 0.3) is 0 Å². The SMILES string of the molecule is CCC(C)Nc1ccc(NS(=O)(=O)c2c(C)cc(C)cc2C)cc1. The van der Waals surface area contributed by atoms with Crippen LogP contribution in [0.5, 0.6) is 0 Å². The van der Waals surface area contributed by atoms with Crippen LogP contribution in [0, 0.1) is 20.8 Å². The Bertz CT molecular complexity index is 789. The van der Waals surface area contributed by atoms with E-state index < -0.39 is 10.0 Å². The number of hydrogen-bond donors (Lipinski definition) is 2. The third-order valence-electron chi connectivity index (χ3n) is 4.04. The summed E-state index contributed by atoms with van der Waals surface area (Å²) in [6.07, 6.45) is 1.03. The topological polar surface area (TPSA) is 58.2 Å². The molecule has 24 heavy (non-hydrogen) atoms. The van der Waals surface area contributed by atoms with Crippen molar-refractivity contribution in [3.05, 3.63) is 53.1 Å². The van der Waals surface area contributed by atoms with Crippen LogP contribution in [0.3, 0.4) is 0 Å². The molecule has 0 heterocycles. The molecular weight excluding hydrogens is 320 g/mol. The summed E-state index contributed by atoms with van der Waals surface area (Å²) in [7, 11) is -3.60. The minimum atomic E-state index is -3.60. The zero-order valence-electron chi connectivity index (χ0n) is 15.0. The molecule has 0 aliphatic carbocycles. The predicted molar refractivity (Wildman–Crippen MR) is 101 cm³/mol. The first-order valence-corrected chi connectivity index (χ1v) is 9.68. The van der Waals surface area contributed by atoms with E-state index in [9.17, 15) is 8.42 Å². The Morgan fingerprint density at radius 2 is 1.46 bits per heavy atom. The van der Waals surface area contributed by atoms with Crippen molar-refractivity contribution in [3.63, 3.8) is 0 Å². The van der Waals surface area contributed by atoms with Gasteiger partial charge in [0.15, 0.2) is 0 Å².